The number of ketones is 1. The molecule has 0 saturated carbocycles. The Hall–Kier alpha value is -2.82. The third-order valence-corrected chi connectivity index (χ3v) is 5.78. The molecular weight excluding hydrogens is 395 g/mol. The molecule has 0 aliphatic heterocycles. The number of nitrogens with zero attached hydrogens (tertiary/aromatic N) is 2. The van der Waals surface area contributed by atoms with Crippen LogP contribution in [0.4, 0.5) is 4.39 Å². The van der Waals surface area contributed by atoms with E-state index in [9.17, 15) is 19.2 Å². The van der Waals surface area contributed by atoms with E-state index in [-0.39, 0.29) is 21.6 Å². The van der Waals surface area contributed by atoms with Crippen LogP contribution in [0.1, 0.15) is 26.3 Å². The lowest BCUT2D eigenvalue weighted by atomic mass is 9.87. The number of carbonyl (C=O) groups is 1. The lowest BCUT2D eigenvalue weighted by molar-refractivity contribution is -0.120. The highest BCUT2D eigenvalue weighted by molar-refractivity contribution is 7.08. The number of thiophene rings is 1. The summed E-state index contributed by atoms with van der Waals surface area (Å²) in [6.07, 6.45) is 1.73. The molecule has 4 nitrogen and oxygen atoms in total. The molecule has 0 spiro atoms. The average molecular weight is 413 g/mol. The van der Waals surface area contributed by atoms with E-state index in [2.05, 4.69) is 0 Å². The van der Waals surface area contributed by atoms with Gasteiger partial charge in [0.25, 0.3) is 5.56 Å². The molecule has 7 heteroatoms. The molecule has 0 N–H and O–H groups in total. The number of halogens is 1. The third kappa shape index (κ3) is 3.88. The fourth-order valence-corrected chi connectivity index (χ4v) is 4.27. The second kappa shape index (κ2) is 7.66. The van der Waals surface area contributed by atoms with Crippen molar-refractivity contribution in [1.82, 2.24) is 4.57 Å². The summed E-state index contributed by atoms with van der Waals surface area (Å²) in [7, 11) is 0. The summed E-state index contributed by atoms with van der Waals surface area (Å²) in [6, 6.07) is 9.24. The molecule has 0 atom stereocenters. The van der Waals surface area contributed by atoms with Gasteiger partial charge in [0.2, 0.25) is 0 Å². The van der Waals surface area contributed by atoms with Crippen LogP contribution in [0.25, 0.3) is 17.3 Å². The summed E-state index contributed by atoms with van der Waals surface area (Å²) in [4.78, 5) is 25.9. The first-order valence-corrected chi connectivity index (χ1v) is 10.2. The number of rotatable bonds is 3. The van der Waals surface area contributed by atoms with Crippen molar-refractivity contribution in [3.8, 4) is 11.8 Å². The molecule has 0 fully saturated rings. The summed E-state index contributed by atoms with van der Waals surface area (Å²) in [5.74, 6) is -0.789. The monoisotopic (exact) mass is 412 g/mol. The Morgan fingerprint density at radius 1 is 1.21 bits per heavy atom. The largest absolute Gasteiger partial charge is 0.293 e. The average Bonchev–Trinajstić information content (AvgIpc) is 3.25. The van der Waals surface area contributed by atoms with Gasteiger partial charge < -0.3 is 0 Å². The Morgan fingerprint density at radius 2 is 1.89 bits per heavy atom. The van der Waals surface area contributed by atoms with E-state index in [4.69, 9.17) is 0 Å². The van der Waals surface area contributed by atoms with Gasteiger partial charge in [0.05, 0.1) is 10.2 Å². The van der Waals surface area contributed by atoms with Gasteiger partial charge in [0.15, 0.2) is 5.78 Å². The van der Waals surface area contributed by atoms with Gasteiger partial charge in [-0.2, -0.15) is 16.6 Å². The van der Waals surface area contributed by atoms with Crippen LogP contribution in [0.3, 0.4) is 0 Å². The van der Waals surface area contributed by atoms with E-state index in [1.807, 2.05) is 22.9 Å². The van der Waals surface area contributed by atoms with Gasteiger partial charge in [0.1, 0.15) is 22.1 Å². The fourth-order valence-electron chi connectivity index (χ4n) is 2.55. The molecule has 3 aromatic rings. The minimum Gasteiger partial charge on any atom is -0.293 e. The Kier molecular flexibility index (Phi) is 5.45. The molecule has 2 aromatic heterocycles. The topological polar surface area (TPSA) is 62.9 Å². The van der Waals surface area contributed by atoms with Crippen LogP contribution in [-0.2, 0) is 4.79 Å². The van der Waals surface area contributed by atoms with E-state index in [1.54, 1.807) is 26.8 Å². The van der Waals surface area contributed by atoms with Crippen molar-refractivity contribution in [3.05, 3.63) is 72.0 Å². The van der Waals surface area contributed by atoms with Gasteiger partial charge in [-0.3, -0.25) is 14.2 Å². The summed E-state index contributed by atoms with van der Waals surface area (Å²) in [6.45, 7) is 5.16. The smallest absolute Gasteiger partial charge is 0.273 e. The van der Waals surface area contributed by atoms with Crippen LogP contribution in [0, 0.1) is 22.6 Å². The van der Waals surface area contributed by atoms with Crippen molar-refractivity contribution in [2.24, 2.45) is 5.41 Å². The summed E-state index contributed by atoms with van der Waals surface area (Å²) >= 11 is 2.59. The maximum Gasteiger partial charge on any atom is 0.273 e. The SMILES string of the molecule is CC(C)(C)C(=O)/C(C#N)=c1\s/c(=C\c2ccsc2)c(=O)n1-c1ccc(F)cc1. The van der Waals surface area contributed by atoms with Gasteiger partial charge in [-0.15, -0.1) is 11.3 Å². The maximum atomic E-state index is 13.4. The van der Waals surface area contributed by atoms with Crippen LogP contribution in [-0.4, -0.2) is 10.4 Å². The Labute approximate surface area is 169 Å². The number of Topliss-reactive ketones (excluding diaryl/α,β-unsaturated/α-hetero) is 1. The first-order chi connectivity index (χ1) is 13.2. The lowest BCUT2D eigenvalue weighted by Crippen LogP contribution is -2.33. The maximum absolute atomic E-state index is 13.4. The van der Waals surface area contributed by atoms with Crippen molar-refractivity contribution in [3.63, 3.8) is 0 Å². The Balaban J connectivity index is 2.43. The first-order valence-electron chi connectivity index (χ1n) is 8.43. The van der Waals surface area contributed by atoms with E-state index in [1.165, 1.54) is 40.2 Å². The molecule has 0 amide bonds. The summed E-state index contributed by atoms with van der Waals surface area (Å²) in [5, 5.41) is 13.5. The molecule has 3 rings (SSSR count). The molecule has 0 aliphatic rings. The fraction of sp³-hybridized carbons (Fsp3) is 0.190. The predicted octanol–water partition coefficient (Wildman–Crippen LogP) is 3.22. The highest BCUT2D eigenvalue weighted by Gasteiger charge is 2.27. The standard InChI is InChI=1S/C21H17FN2O2S2/c1-21(2,3)18(25)16(11-23)20-24(15-6-4-14(22)5-7-15)19(26)17(28-20)10-13-8-9-27-12-13/h4-10,12H,1-3H3/b17-10-,20-16-. The molecule has 0 radical (unpaired) electrons. The zero-order valence-electron chi connectivity index (χ0n) is 15.5. The highest BCUT2D eigenvalue weighted by Crippen LogP contribution is 2.20. The van der Waals surface area contributed by atoms with Gasteiger partial charge in [-0.1, -0.05) is 20.8 Å². The molecule has 0 aliphatic carbocycles. The van der Waals surface area contributed by atoms with Gasteiger partial charge >= 0.3 is 0 Å². The highest BCUT2D eigenvalue weighted by atomic mass is 32.1. The molecule has 0 bridgehead atoms. The Bertz CT molecular complexity index is 1240. The lowest BCUT2D eigenvalue weighted by Gasteiger charge is -2.15. The summed E-state index contributed by atoms with van der Waals surface area (Å²) < 4.78 is 15.3. The number of hydrogen-bond acceptors (Lipinski definition) is 5. The quantitative estimate of drug-likeness (QED) is 0.664. The second-order valence-corrected chi connectivity index (χ2v) is 8.97. The third-order valence-electron chi connectivity index (χ3n) is 3.98. The minimum atomic E-state index is -0.782. The minimum absolute atomic E-state index is 0.0797. The molecule has 2 heterocycles. The predicted molar refractivity (Wildman–Crippen MR) is 110 cm³/mol. The number of benzene rings is 1. The van der Waals surface area contributed by atoms with Gasteiger partial charge in [-0.05, 0) is 52.7 Å². The number of thiazole rings is 1. The van der Waals surface area contributed by atoms with Crippen molar-refractivity contribution >= 4 is 40.1 Å². The number of carbonyl (C=O) groups excluding carboxylic acids is 1. The molecule has 142 valence electrons. The van der Waals surface area contributed by atoms with E-state index >= 15 is 0 Å². The molecule has 28 heavy (non-hydrogen) atoms. The van der Waals surface area contributed by atoms with Crippen molar-refractivity contribution in [2.75, 3.05) is 0 Å². The first kappa shape index (κ1) is 19.9. The molecular formula is C21H17FN2O2S2. The normalized spacial score (nSPS) is 13.3. The van der Waals surface area contributed by atoms with Crippen molar-refractivity contribution < 1.29 is 9.18 Å². The van der Waals surface area contributed by atoms with E-state index < -0.39 is 11.2 Å². The van der Waals surface area contributed by atoms with Gasteiger partial charge in [-0.25, -0.2) is 4.39 Å². The van der Waals surface area contributed by atoms with Crippen LogP contribution in [0.2, 0.25) is 0 Å². The number of nitriles is 1. The molecule has 1 aromatic carbocycles. The van der Waals surface area contributed by atoms with Crippen LogP contribution < -0.4 is 14.8 Å². The number of aromatic nitrogens is 1. The van der Waals surface area contributed by atoms with Crippen LogP contribution >= 0.6 is 22.7 Å². The zero-order valence-corrected chi connectivity index (χ0v) is 17.2. The zero-order chi connectivity index (χ0) is 20.5. The van der Waals surface area contributed by atoms with E-state index in [0.717, 1.165) is 16.9 Å². The molecule has 0 saturated heterocycles. The van der Waals surface area contributed by atoms with E-state index in [0.29, 0.717) is 10.2 Å². The second-order valence-electron chi connectivity index (χ2n) is 7.16. The molecule has 0 unspecified atom stereocenters. The summed E-state index contributed by atoms with van der Waals surface area (Å²) in [5.41, 5.74) is 0.0470. The van der Waals surface area contributed by atoms with Crippen molar-refractivity contribution in [1.29, 1.82) is 5.26 Å². The van der Waals surface area contributed by atoms with Crippen LogP contribution in [0.5, 0.6) is 0 Å². The van der Waals surface area contributed by atoms with Crippen molar-refractivity contribution in [2.45, 2.75) is 20.8 Å². The Morgan fingerprint density at radius 3 is 2.43 bits per heavy atom. The van der Waals surface area contributed by atoms with Gasteiger partial charge in [0, 0.05) is 5.41 Å². The number of hydrogen-bond donors (Lipinski definition) is 0. The van der Waals surface area contributed by atoms with Crippen LogP contribution in [0.15, 0.2) is 45.9 Å².